The molecule has 2 aromatic rings. The number of amides is 1. The molecule has 3 rings (SSSR count). The first-order chi connectivity index (χ1) is 12.5. The quantitative estimate of drug-likeness (QED) is 0.654. The van der Waals surface area contributed by atoms with Gasteiger partial charge in [0, 0.05) is 37.8 Å². The van der Waals surface area contributed by atoms with E-state index in [1.165, 1.54) is 0 Å². The van der Waals surface area contributed by atoms with Crippen LogP contribution in [0.3, 0.4) is 0 Å². The van der Waals surface area contributed by atoms with Crippen LogP contribution in [0.1, 0.15) is 17.0 Å². The van der Waals surface area contributed by atoms with Gasteiger partial charge in [-0.05, 0) is 24.6 Å². The minimum atomic E-state index is 0.0738. The Morgan fingerprint density at radius 3 is 2.73 bits per heavy atom. The summed E-state index contributed by atoms with van der Waals surface area (Å²) in [6, 6.07) is 9.45. The fourth-order valence-corrected chi connectivity index (χ4v) is 2.99. The second-order valence-electron chi connectivity index (χ2n) is 6.20. The van der Waals surface area contributed by atoms with Crippen LogP contribution in [0.4, 0.5) is 0 Å². The van der Waals surface area contributed by atoms with Crippen LogP contribution >= 0.6 is 11.6 Å². The summed E-state index contributed by atoms with van der Waals surface area (Å²) >= 11 is 5.91. The molecular weight excluding hydrogens is 354 g/mol. The van der Waals surface area contributed by atoms with E-state index in [2.05, 4.69) is 15.5 Å². The van der Waals surface area contributed by atoms with Gasteiger partial charge in [-0.1, -0.05) is 28.9 Å². The number of aromatic nitrogens is 1. The highest BCUT2D eigenvalue weighted by molar-refractivity contribution is 6.30. The Kier molecular flexibility index (Phi) is 5.78. The van der Waals surface area contributed by atoms with Crippen molar-refractivity contribution >= 4 is 23.5 Å². The number of hydrogen-bond donors (Lipinski definition) is 1. The summed E-state index contributed by atoms with van der Waals surface area (Å²) in [6.45, 7) is 4.60. The minimum Gasteiger partial charge on any atom is -0.359 e. The number of piperazine rings is 1. The number of carbonyl (C=O) groups excluding carboxylic acids is 1. The number of guanidine groups is 1. The summed E-state index contributed by atoms with van der Waals surface area (Å²) in [6.07, 6.45) is 0. The van der Waals surface area contributed by atoms with Gasteiger partial charge in [0.25, 0.3) is 0 Å². The molecule has 7 nitrogen and oxygen atoms in total. The Hall–Kier alpha value is -2.54. The number of halogens is 1. The van der Waals surface area contributed by atoms with Crippen LogP contribution in [0.15, 0.2) is 39.8 Å². The van der Waals surface area contributed by atoms with E-state index < -0.39 is 0 Å². The second kappa shape index (κ2) is 8.23. The van der Waals surface area contributed by atoms with Crippen molar-refractivity contribution in [3.63, 3.8) is 0 Å². The lowest BCUT2D eigenvalue weighted by Gasteiger charge is -2.36. The number of aryl methyl sites for hydroxylation is 1. The van der Waals surface area contributed by atoms with Gasteiger partial charge in [0.05, 0.1) is 18.8 Å². The molecular formula is C18H22ClN5O2. The number of nitrogens with zero attached hydrogens (tertiary/aromatic N) is 4. The fraction of sp³-hybridized carbons (Fsp3) is 0.389. The summed E-state index contributed by atoms with van der Waals surface area (Å²) in [7, 11) is 1.71. The second-order valence-corrected chi connectivity index (χ2v) is 6.64. The number of carbonyl (C=O) groups is 1. The Bertz CT molecular complexity index is 787. The van der Waals surface area contributed by atoms with Gasteiger partial charge in [-0.2, -0.15) is 0 Å². The smallest absolute Gasteiger partial charge is 0.242 e. The van der Waals surface area contributed by atoms with Gasteiger partial charge >= 0.3 is 0 Å². The zero-order chi connectivity index (χ0) is 18.5. The van der Waals surface area contributed by atoms with E-state index in [0.29, 0.717) is 43.7 Å². The number of hydrogen-bond acceptors (Lipinski definition) is 4. The van der Waals surface area contributed by atoms with Crippen LogP contribution in [0.2, 0.25) is 5.02 Å². The summed E-state index contributed by atoms with van der Waals surface area (Å²) in [4.78, 5) is 20.6. The van der Waals surface area contributed by atoms with Crippen molar-refractivity contribution in [1.29, 1.82) is 0 Å². The standard InChI is InChI=1S/C18H22ClN5O2/c1-13-9-16(26-22-13)10-21-18(20-2)24-8-7-23(17(25)12-24)11-14-3-5-15(19)6-4-14/h3-6,9H,7-8,10-12H2,1-2H3,(H,20,21). The first-order valence-corrected chi connectivity index (χ1v) is 8.83. The first-order valence-electron chi connectivity index (χ1n) is 8.45. The highest BCUT2D eigenvalue weighted by Crippen LogP contribution is 2.13. The van der Waals surface area contributed by atoms with Crippen molar-refractivity contribution in [3.8, 4) is 0 Å². The van der Waals surface area contributed by atoms with Gasteiger partial charge in [0.2, 0.25) is 5.91 Å². The summed E-state index contributed by atoms with van der Waals surface area (Å²) in [5.74, 6) is 1.49. The Morgan fingerprint density at radius 1 is 1.35 bits per heavy atom. The van der Waals surface area contributed by atoms with E-state index in [0.717, 1.165) is 17.0 Å². The first kappa shape index (κ1) is 18.3. The molecule has 1 aliphatic rings. The monoisotopic (exact) mass is 375 g/mol. The molecule has 1 amide bonds. The minimum absolute atomic E-state index is 0.0738. The maximum Gasteiger partial charge on any atom is 0.242 e. The van der Waals surface area contributed by atoms with Crippen LogP contribution in [0, 0.1) is 6.92 Å². The van der Waals surface area contributed by atoms with Gasteiger partial charge in [0.15, 0.2) is 11.7 Å². The SMILES string of the molecule is CN=C(NCc1cc(C)no1)N1CCN(Cc2ccc(Cl)cc2)C(=O)C1. The van der Waals surface area contributed by atoms with E-state index >= 15 is 0 Å². The van der Waals surface area contributed by atoms with Crippen LogP contribution in [-0.2, 0) is 17.9 Å². The number of nitrogens with one attached hydrogen (secondary N) is 1. The lowest BCUT2D eigenvalue weighted by atomic mass is 10.2. The van der Waals surface area contributed by atoms with Crippen LogP contribution in [0.25, 0.3) is 0 Å². The molecule has 1 aromatic heterocycles. The van der Waals surface area contributed by atoms with E-state index in [9.17, 15) is 4.79 Å². The molecule has 0 saturated carbocycles. The Balaban J connectivity index is 1.54. The largest absolute Gasteiger partial charge is 0.359 e. The molecule has 138 valence electrons. The molecule has 0 unspecified atom stereocenters. The van der Waals surface area contributed by atoms with Gasteiger partial charge in [-0.3, -0.25) is 9.79 Å². The third kappa shape index (κ3) is 4.54. The number of rotatable bonds is 4. The molecule has 0 aliphatic carbocycles. The average molecular weight is 376 g/mol. The van der Waals surface area contributed by atoms with Crippen LogP contribution in [0.5, 0.6) is 0 Å². The highest BCUT2D eigenvalue weighted by Gasteiger charge is 2.26. The molecule has 26 heavy (non-hydrogen) atoms. The molecule has 1 N–H and O–H groups in total. The third-order valence-corrected chi connectivity index (χ3v) is 4.47. The predicted octanol–water partition coefficient (Wildman–Crippen LogP) is 2.06. The Morgan fingerprint density at radius 2 is 2.12 bits per heavy atom. The molecule has 1 aliphatic heterocycles. The van der Waals surface area contributed by atoms with Crippen molar-refractivity contribution in [2.45, 2.75) is 20.0 Å². The van der Waals surface area contributed by atoms with E-state index in [4.69, 9.17) is 16.1 Å². The molecule has 1 aromatic carbocycles. The number of aliphatic imine (C=N–C) groups is 1. The number of benzene rings is 1. The van der Waals surface area contributed by atoms with Gasteiger partial charge in [0.1, 0.15) is 0 Å². The Labute approximate surface area is 157 Å². The van der Waals surface area contributed by atoms with Crippen molar-refractivity contribution < 1.29 is 9.32 Å². The van der Waals surface area contributed by atoms with Crippen molar-refractivity contribution in [2.24, 2.45) is 4.99 Å². The maximum absolute atomic E-state index is 12.5. The summed E-state index contributed by atoms with van der Waals surface area (Å²) < 4.78 is 5.19. The van der Waals surface area contributed by atoms with Crippen molar-refractivity contribution in [1.82, 2.24) is 20.3 Å². The normalized spacial score (nSPS) is 15.5. The molecule has 1 saturated heterocycles. The zero-order valence-corrected chi connectivity index (χ0v) is 15.7. The van der Waals surface area contributed by atoms with Crippen LogP contribution in [-0.4, -0.2) is 53.5 Å². The molecule has 8 heteroatoms. The van der Waals surface area contributed by atoms with Gasteiger partial charge < -0.3 is 19.6 Å². The lowest BCUT2D eigenvalue weighted by Crippen LogP contribution is -2.54. The molecule has 0 atom stereocenters. The zero-order valence-electron chi connectivity index (χ0n) is 14.9. The molecule has 0 spiro atoms. The van der Waals surface area contributed by atoms with Crippen molar-refractivity contribution in [3.05, 3.63) is 52.4 Å². The molecule has 2 heterocycles. The fourth-order valence-electron chi connectivity index (χ4n) is 2.86. The molecule has 0 radical (unpaired) electrons. The predicted molar refractivity (Wildman–Crippen MR) is 99.9 cm³/mol. The van der Waals surface area contributed by atoms with Gasteiger partial charge in [-0.15, -0.1) is 0 Å². The lowest BCUT2D eigenvalue weighted by molar-refractivity contribution is -0.135. The van der Waals surface area contributed by atoms with E-state index in [-0.39, 0.29) is 5.91 Å². The summed E-state index contributed by atoms with van der Waals surface area (Å²) in [5, 5.41) is 7.78. The maximum atomic E-state index is 12.5. The summed E-state index contributed by atoms with van der Waals surface area (Å²) in [5.41, 5.74) is 1.90. The van der Waals surface area contributed by atoms with Gasteiger partial charge in [-0.25, -0.2) is 0 Å². The van der Waals surface area contributed by atoms with Crippen LogP contribution < -0.4 is 5.32 Å². The molecule has 0 bridgehead atoms. The van der Waals surface area contributed by atoms with Crippen molar-refractivity contribution in [2.75, 3.05) is 26.7 Å². The van der Waals surface area contributed by atoms with E-state index in [1.807, 2.05) is 47.1 Å². The topological polar surface area (TPSA) is 74.0 Å². The molecule has 1 fully saturated rings. The van der Waals surface area contributed by atoms with E-state index in [1.54, 1.807) is 7.05 Å². The average Bonchev–Trinajstić information content (AvgIpc) is 3.05. The third-order valence-electron chi connectivity index (χ3n) is 4.21. The highest BCUT2D eigenvalue weighted by atomic mass is 35.5.